The molecule has 6 heteroatoms. The first-order chi connectivity index (χ1) is 9.07. The van der Waals surface area contributed by atoms with E-state index in [2.05, 4.69) is 4.90 Å². The van der Waals surface area contributed by atoms with Gasteiger partial charge in [0.05, 0.1) is 13.2 Å². The van der Waals surface area contributed by atoms with Gasteiger partial charge in [-0.1, -0.05) is 30.3 Å². The fourth-order valence-electron chi connectivity index (χ4n) is 2.28. The Morgan fingerprint density at radius 1 is 1.21 bits per heavy atom. The Balaban J connectivity index is 2.03. The molecule has 1 aliphatic rings. The van der Waals surface area contributed by atoms with E-state index in [1.807, 2.05) is 6.07 Å². The Morgan fingerprint density at radius 3 is 2.42 bits per heavy atom. The lowest BCUT2D eigenvalue weighted by Crippen LogP contribution is -2.37. The molecule has 0 aliphatic carbocycles. The van der Waals surface area contributed by atoms with Crippen LogP contribution in [0, 0.1) is 0 Å². The average Bonchev–Trinajstić information content (AvgIpc) is 2.40. The predicted molar refractivity (Wildman–Crippen MR) is 72.6 cm³/mol. The highest BCUT2D eigenvalue weighted by atomic mass is 32.2. The van der Waals surface area contributed by atoms with Crippen LogP contribution >= 0.6 is 0 Å². The fraction of sp³-hybridized carbons (Fsp3) is 0.538. The summed E-state index contributed by atoms with van der Waals surface area (Å²) in [4.78, 5) is 2.16. The predicted octanol–water partition coefficient (Wildman–Crippen LogP) is 1.34. The molecule has 1 N–H and O–H groups in total. The van der Waals surface area contributed by atoms with Crippen molar-refractivity contribution in [1.29, 1.82) is 0 Å². The number of hydrogen-bond donors (Lipinski definition) is 1. The van der Waals surface area contributed by atoms with E-state index in [4.69, 9.17) is 4.74 Å². The normalized spacial score (nSPS) is 19.2. The molecule has 1 aliphatic heterocycles. The van der Waals surface area contributed by atoms with Crippen LogP contribution in [0.3, 0.4) is 0 Å². The van der Waals surface area contributed by atoms with Crippen LogP contribution in [-0.2, 0) is 14.9 Å². The van der Waals surface area contributed by atoms with Gasteiger partial charge in [-0.25, -0.2) is 0 Å². The zero-order valence-electron chi connectivity index (χ0n) is 10.7. The minimum Gasteiger partial charge on any atom is -0.379 e. The van der Waals surface area contributed by atoms with Crippen molar-refractivity contribution in [2.24, 2.45) is 0 Å². The summed E-state index contributed by atoms with van der Waals surface area (Å²) in [5.41, 5.74) is 0.637. The van der Waals surface area contributed by atoms with Crippen LogP contribution in [0.4, 0.5) is 0 Å². The molecule has 5 nitrogen and oxygen atoms in total. The zero-order chi connectivity index (χ0) is 13.7. The minimum atomic E-state index is -4.08. The number of benzene rings is 1. The lowest BCUT2D eigenvalue weighted by Gasteiger charge is -2.27. The van der Waals surface area contributed by atoms with Crippen LogP contribution in [0.5, 0.6) is 0 Å². The molecule has 1 aromatic rings. The van der Waals surface area contributed by atoms with Crippen LogP contribution < -0.4 is 0 Å². The zero-order valence-corrected chi connectivity index (χ0v) is 11.6. The molecule has 19 heavy (non-hydrogen) atoms. The molecule has 0 bridgehead atoms. The second kappa shape index (κ2) is 6.47. The van der Waals surface area contributed by atoms with Gasteiger partial charge in [0.1, 0.15) is 5.25 Å². The summed E-state index contributed by atoms with van der Waals surface area (Å²) in [6.07, 6.45) is 0.392. The van der Waals surface area contributed by atoms with Crippen LogP contribution in [0.15, 0.2) is 30.3 Å². The topological polar surface area (TPSA) is 66.8 Å². The molecule has 2 rings (SSSR count). The molecule has 1 saturated heterocycles. The van der Waals surface area contributed by atoms with E-state index in [1.165, 1.54) is 0 Å². The molecule has 0 spiro atoms. The molecular weight excluding hydrogens is 266 g/mol. The van der Waals surface area contributed by atoms with Gasteiger partial charge in [0.15, 0.2) is 0 Å². The lowest BCUT2D eigenvalue weighted by atomic mass is 10.1. The first-order valence-electron chi connectivity index (χ1n) is 6.39. The molecule has 1 unspecified atom stereocenters. The van der Waals surface area contributed by atoms with E-state index in [-0.39, 0.29) is 0 Å². The maximum Gasteiger partial charge on any atom is 0.272 e. The number of rotatable bonds is 5. The van der Waals surface area contributed by atoms with Crippen LogP contribution in [-0.4, -0.2) is 50.7 Å². The Morgan fingerprint density at radius 2 is 1.84 bits per heavy atom. The fourth-order valence-corrected chi connectivity index (χ4v) is 3.18. The highest BCUT2D eigenvalue weighted by Crippen LogP contribution is 2.25. The van der Waals surface area contributed by atoms with Gasteiger partial charge in [-0.2, -0.15) is 8.42 Å². The summed E-state index contributed by atoms with van der Waals surface area (Å²) in [6, 6.07) is 8.85. The van der Waals surface area contributed by atoms with Gasteiger partial charge in [-0.05, 0) is 18.5 Å². The summed E-state index contributed by atoms with van der Waals surface area (Å²) in [5, 5.41) is -0.850. The highest BCUT2D eigenvalue weighted by molar-refractivity contribution is 7.86. The van der Waals surface area contributed by atoms with Crippen LogP contribution in [0.2, 0.25) is 0 Å². The van der Waals surface area contributed by atoms with Gasteiger partial charge < -0.3 is 4.74 Å². The number of nitrogens with zero attached hydrogens (tertiary/aromatic N) is 1. The molecule has 1 heterocycles. The maximum atomic E-state index is 11.5. The number of hydrogen-bond acceptors (Lipinski definition) is 4. The SMILES string of the molecule is O=S(=O)(O)C(CCN1CCOCC1)c1ccccc1. The van der Waals surface area contributed by atoms with Crippen molar-refractivity contribution in [3.8, 4) is 0 Å². The Labute approximate surface area is 113 Å². The second-order valence-corrected chi connectivity index (χ2v) is 6.26. The Hall–Kier alpha value is -0.950. The molecule has 1 aromatic carbocycles. The van der Waals surface area contributed by atoms with Gasteiger partial charge >= 0.3 is 0 Å². The van der Waals surface area contributed by atoms with Crippen molar-refractivity contribution in [1.82, 2.24) is 4.90 Å². The Kier molecular flexibility index (Phi) is 4.93. The van der Waals surface area contributed by atoms with Crippen molar-refractivity contribution in [3.05, 3.63) is 35.9 Å². The summed E-state index contributed by atoms with van der Waals surface area (Å²) >= 11 is 0. The number of morpholine rings is 1. The largest absolute Gasteiger partial charge is 0.379 e. The van der Waals surface area contributed by atoms with Crippen molar-refractivity contribution >= 4 is 10.1 Å². The summed E-state index contributed by atoms with van der Waals surface area (Å²) in [6.45, 7) is 3.63. The highest BCUT2D eigenvalue weighted by Gasteiger charge is 2.25. The van der Waals surface area contributed by atoms with Gasteiger partial charge in [0.25, 0.3) is 10.1 Å². The lowest BCUT2D eigenvalue weighted by molar-refractivity contribution is 0.0372. The van der Waals surface area contributed by atoms with Gasteiger partial charge in [0, 0.05) is 13.1 Å². The molecule has 0 amide bonds. The van der Waals surface area contributed by atoms with Crippen molar-refractivity contribution < 1.29 is 17.7 Å². The van der Waals surface area contributed by atoms with E-state index >= 15 is 0 Å². The standard InChI is InChI=1S/C13H19NO4S/c15-19(16,17)13(12-4-2-1-3-5-12)6-7-14-8-10-18-11-9-14/h1-5,13H,6-11H2,(H,15,16,17). The number of ether oxygens (including phenoxy) is 1. The third-order valence-electron chi connectivity index (χ3n) is 3.34. The van der Waals surface area contributed by atoms with Crippen molar-refractivity contribution in [3.63, 3.8) is 0 Å². The molecule has 106 valence electrons. The summed E-state index contributed by atoms with van der Waals surface area (Å²) < 4.78 is 37.7. The first kappa shape index (κ1) is 14.5. The van der Waals surface area contributed by atoms with E-state index in [0.717, 1.165) is 13.1 Å². The van der Waals surface area contributed by atoms with Crippen LogP contribution in [0.25, 0.3) is 0 Å². The summed E-state index contributed by atoms with van der Waals surface area (Å²) in [5.74, 6) is 0. The second-order valence-electron chi connectivity index (χ2n) is 4.66. The quantitative estimate of drug-likeness (QED) is 0.827. The van der Waals surface area contributed by atoms with Crippen LogP contribution in [0.1, 0.15) is 17.2 Å². The molecule has 0 radical (unpaired) electrons. The van der Waals surface area contributed by atoms with E-state index in [0.29, 0.717) is 31.7 Å². The third-order valence-corrected chi connectivity index (χ3v) is 4.57. The molecule has 1 fully saturated rings. The average molecular weight is 285 g/mol. The first-order valence-corrected chi connectivity index (χ1v) is 7.89. The van der Waals surface area contributed by atoms with E-state index in [9.17, 15) is 13.0 Å². The monoisotopic (exact) mass is 285 g/mol. The Bertz CT molecular complexity index is 483. The van der Waals surface area contributed by atoms with Crippen molar-refractivity contribution in [2.75, 3.05) is 32.8 Å². The van der Waals surface area contributed by atoms with E-state index < -0.39 is 15.4 Å². The molecule has 0 saturated carbocycles. The molecular formula is C13H19NO4S. The third kappa shape index (κ3) is 4.28. The smallest absolute Gasteiger partial charge is 0.272 e. The van der Waals surface area contributed by atoms with Crippen molar-refractivity contribution in [2.45, 2.75) is 11.7 Å². The van der Waals surface area contributed by atoms with Gasteiger partial charge in [0.2, 0.25) is 0 Å². The van der Waals surface area contributed by atoms with Gasteiger partial charge in [-0.3, -0.25) is 9.45 Å². The maximum absolute atomic E-state index is 11.5. The minimum absolute atomic E-state index is 0.392. The molecule has 1 atom stereocenters. The summed E-state index contributed by atoms with van der Waals surface area (Å²) in [7, 11) is -4.08. The van der Waals surface area contributed by atoms with E-state index in [1.54, 1.807) is 24.3 Å². The molecule has 0 aromatic heterocycles. The van der Waals surface area contributed by atoms with Gasteiger partial charge in [-0.15, -0.1) is 0 Å².